The molecule has 21 heavy (non-hydrogen) atoms. The van der Waals surface area contributed by atoms with Crippen LogP contribution in [0, 0.1) is 5.92 Å². The fourth-order valence-electron chi connectivity index (χ4n) is 2.86. The van der Waals surface area contributed by atoms with E-state index in [-0.39, 0.29) is 5.91 Å². The Balaban J connectivity index is 1.49. The summed E-state index contributed by atoms with van der Waals surface area (Å²) in [6.45, 7) is 2.87. The summed E-state index contributed by atoms with van der Waals surface area (Å²) >= 11 is 0. The van der Waals surface area contributed by atoms with Crippen molar-refractivity contribution < 1.29 is 9.53 Å². The Hall–Kier alpha value is -1.55. The molecule has 4 nitrogen and oxygen atoms in total. The molecule has 1 saturated carbocycles. The monoisotopic (exact) mass is 288 g/mol. The topological polar surface area (TPSA) is 41.6 Å². The molecular formula is C17H24N2O2. The molecule has 2 aliphatic rings. The largest absolute Gasteiger partial charge is 0.497 e. The number of carbonyl (C=O) groups is 1. The standard InChI is InChI=1S/C17H24N2O2/c1-21-16-6-4-14(5-7-16)17(20)19-10-8-15(9-11-19)18-12-13-2-3-13/h4-7,13,15,18H,2-3,8-12H2,1H3. The minimum absolute atomic E-state index is 0.137. The maximum atomic E-state index is 12.4. The van der Waals surface area contributed by atoms with Gasteiger partial charge in [0.05, 0.1) is 7.11 Å². The minimum Gasteiger partial charge on any atom is -0.497 e. The minimum atomic E-state index is 0.137. The van der Waals surface area contributed by atoms with Crippen LogP contribution in [0.15, 0.2) is 24.3 Å². The lowest BCUT2D eigenvalue weighted by atomic mass is 10.0. The molecule has 0 unspecified atom stereocenters. The van der Waals surface area contributed by atoms with E-state index in [0.29, 0.717) is 6.04 Å². The lowest BCUT2D eigenvalue weighted by Gasteiger charge is -2.32. The van der Waals surface area contributed by atoms with E-state index < -0.39 is 0 Å². The van der Waals surface area contributed by atoms with E-state index in [1.54, 1.807) is 7.11 Å². The van der Waals surface area contributed by atoms with Crippen molar-refractivity contribution in [3.8, 4) is 5.75 Å². The second-order valence-corrected chi connectivity index (χ2v) is 6.15. The highest BCUT2D eigenvalue weighted by Gasteiger charge is 2.26. The first-order valence-electron chi connectivity index (χ1n) is 7.93. The van der Waals surface area contributed by atoms with Gasteiger partial charge in [-0.15, -0.1) is 0 Å². The predicted octanol–water partition coefficient (Wildman–Crippen LogP) is 2.30. The number of amides is 1. The first-order chi connectivity index (χ1) is 10.3. The van der Waals surface area contributed by atoms with Crippen LogP contribution in [-0.4, -0.2) is 43.6 Å². The van der Waals surface area contributed by atoms with Crippen molar-refractivity contribution in [2.24, 2.45) is 5.92 Å². The van der Waals surface area contributed by atoms with Crippen LogP contribution in [0.4, 0.5) is 0 Å². The Kier molecular flexibility index (Phi) is 4.44. The molecule has 0 aromatic heterocycles. The van der Waals surface area contributed by atoms with Crippen LogP contribution < -0.4 is 10.1 Å². The molecular weight excluding hydrogens is 264 g/mol. The number of hydrogen-bond donors (Lipinski definition) is 1. The second kappa shape index (κ2) is 6.48. The van der Waals surface area contributed by atoms with E-state index >= 15 is 0 Å². The van der Waals surface area contributed by atoms with Gasteiger partial charge in [-0.3, -0.25) is 4.79 Å². The fourth-order valence-corrected chi connectivity index (χ4v) is 2.86. The lowest BCUT2D eigenvalue weighted by Crippen LogP contribution is -2.45. The van der Waals surface area contributed by atoms with Crippen molar-refractivity contribution in [1.82, 2.24) is 10.2 Å². The van der Waals surface area contributed by atoms with E-state index in [1.165, 1.54) is 12.8 Å². The maximum Gasteiger partial charge on any atom is 0.253 e. The molecule has 1 aromatic carbocycles. The van der Waals surface area contributed by atoms with Crippen molar-refractivity contribution >= 4 is 5.91 Å². The number of carbonyl (C=O) groups excluding carboxylic acids is 1. The van der Waals surface area contributed by atoms with Crippen molar-refractivity contribution in [2.45, 2.75) is 31.7 Å². The third-order valence-electron chi connectivity index (χ3n) is 4.51. The smallest absolute Gasteiger partial charge is 0.253 e. The number of methoxy groups -OCH3 is 1. The molecule has 1 saturated heterocycles. The van der Waals surface area contributed by atoms with Crippen molar-refractivity contribution in [3.63, 3.8) is 0 Å². The van der Waals surface area contributed by atoms with Crippen LogP contribution in [0.5, 0.6) is 5.75 Å². The molecule has 1 aromatic rings. The average Bonchev–Trinajstić information content (AvgIpc) is 3.37. The summed E-state index contributed by atoms with van der Waals surface area (Å²) in [5.41, 5.74) is 0.750. The van der Waals surface area contributed by atoms with Gasteiger partial charge in [-0.1, -0.05) is 0 Å². The number of benzene rings is 1. The van der Waals surface area contributed by atoms with E-state index in [9.17, 15) is 4.79 Å². The third kappa shape index (κ3) is 3.76. The normalized spacial score (nSPS) is 19.6. The Morgan fingerprint density at radius 1 is 1.19 bits per heavy atom. The van der Waals surface area contributed by atoms with Gasteiger partial charge in [-0.05, 0) is 62.4 Å². The Morgan fingerprint density at radius 2 is 1.86 bits per heavy atom. The molecule has 0 radical (unpaired) electrons. The summed E-state index contributed by atoms with van der Waals surface area (Å²) in [5.74, 6) is 1.84. The molecule has 1 amide bonds. The maximum absolute atomic E-state index is 12.4. The second-order valence-electron chi connectivity index (χ2n) is 6.15. The zero-order valence-corrected chi connectivity index (χ0v) is 12.7. The zero-order valence-electron chi connectivity index (χ0n) is 12.7. The molecule has 3 rings (SSSR count). The van der Waals surface area contributed by atoms with Gasteiger partial charge >= 0.3 is 0 Å². The molecule has 1 aliphatic heterocycles. The van der Waals surface area contributed by atoms with E-state index in [0.717, 1.165) is 49.7 Å². The van der Waals surface area contributed by atoms with Gasteiger partial charge in [0, 0.05) is 24.7 Å². The van der Waals surface area contributed by atoms with E-state index in [4.69, 9.17) is 4.74 Å². The van der Waals surface area contributed by atoms with Crippen molar-refractivity contribution in [2.75, 3.05) is 26.7 Å². The van der Waals surface area contributed by atoms with Crippen molar-refractivity contribution in [1.29, 1.82) is 0 Å². The van der Waals surface area contributed by atoms with Gasteiger partial charge in [0.25, 0.3) is 5.91 Å². The Labute approximate surface area is 126 Å². The van der Waals surface area contributed by atoms with Crippen LogP contribution in [0.25, 0.3) is 0 Å². The SMILES string of the molecule is COc1ccc(C(=O)N2CCC(NCC3CC3)CC2)cc1. The number of nitrogens with one attached hydrogen (secondary N) is 1. The van der Waals surface area contributed by atoms with Crippen molar-refractivity contribution in [3.05, 3.63) is 29.8 Å². The van der Waals surface area contributed by atoms with E-state index in [2.05, 4.69) is 5.32 Å². The summed E-state index contributed by atoms with van der Waals surface area (Å²) in [6, 6.07) is 7.97. The molecule has 114 valence electrons. The highest BCUT2D eigenvalue weighted by atomic mass is 16.5. The lowest BCUT2D eigenvalue weighted by molar-refractivity contribution is 0.0705. The highest BCUT2D eigenvalue weighted by molar-refractivity contribution is 5.94. The first kappa shape index (κ1) is 14.4. The number of nitrogens with zero attached hydrogens (tertiary/aromatic N) is 1. The summed E-state index contributed by atoms with van der Waals surface area (Å²) in [5, 5.41) is 3.64. The highest BCUT2D eigenvalue weighted by Crippen LogP contribution is 2.28. The van der Waals surface area contributed by atoms with Gasteiger partial charge in [-0.25, -0.2) is 0 Å². The van der Waals surface area contributed by atoms with Gasteiger partial charge < -0.3 is 15.0 Å². The van der Waals surface area contributed by atoms with Crippen LogP contribution in [0.1, 0.15) is 36.0 Å². The number of rotatable bonds is 5. The summed E-state index contributed by atoms with van der Waals surface area (Å²) in [7, 11) is 1.64. The average molecular weight is 288 g/mol. The predicted molar refractivity (Wildman–Crippen MR) is 82.6 cm³/mol. The van der Waals surface area contributed by atoms with Crippen LogP contribution in [-0.2, 0) is 0 Å². The zero-order chi connectivity index (χ0) is 14.7. The molecule has 0 spiro atoms. The number of likely N-dealkylation sites (tertiary alicyclic amines) is 1. The first-order valence-corrected chi connectivity index (χ1v) is 7.93. The van der Waals surface area contributed by atoms with E-state index in [1.807, 2.05) is 29.2 Å². The fraction of sp³-hybridized carbons (Fsp3) is 0.588. The molecule has 4 heteroatoms. The molecule has 0 atom stereocenters. The van der Waals surface area contributed by atoms with Crippen LogP contribution in [0.2, 0.25) is 0 Å². The molecule has 2 fully saturated rings. The summed E-state index contributed by atoms with van der Waals surface area (Å²) < 4.78 is 5.13. The third-order valence-corrected chi connectivity index (χ3v) is 4.51. The Morgan fingerprint density at radius 3 is 2.43 bits per heavy atom. The van der Waals surface area contributed by atoms with Gasteiger partial charge in [0.15, 0.2) is 0 Å². The van der Waals surface area contributed by atoms with Gasteiger partial charge in [-0.2, -0.15) is 0 Å². The number of ether oxygens (including phenoxy) is 1. The van der Waals surface area contributed by atoms with Gasteiger partial charge in [0.2, 0.25) is 0 Å². The Bertz CT molecular complexity index is 474. The quantitative estimate of drug-likeness (QED) is 0.904. The number of piperidine rings is 1. The molecule has 1 aliphatic carbocycles. The molecule has 1 heterocycles. The van der Waals surface area contributed by atoms with Crippen LogP contribution in [0.3, 0.4) is 0 Å². The molecule has 0 bridgehead atoms. The summed E-state index contributed by atoms with van der Waals surface area (Å²) in [4.78, 5) is 14.4. The molecule has 1 N–H and O–H groups in total. The van der Waals surface area contributed by atoms with Gasteiger partial charge in [0.1, 0.15) is 5.75 Å². The van der Waals surface area contributed by atoms with Crippen LogP contribution >= 0.6 is 0 Å². The number of hydrogen-bond acceptors (Lipinski definition) is 3. The summed E-state index contributed by atoms with van der Waals surface area (Å²) in [6.07, 6.45) is 4.91.